The number of benzene rings is 2. The Morgan fingerprint density at radius 2 is 1.70 bits per heavy atom. The number of nitrogens with zero attached hydrogens (tertiary/aromatic N) is 1. The fourth-order valence-electron chi connectivity index (χ4n) is 2.06. The maximum absolute atomic E-state index is 12.3. The van der Waals surface area contributed by atoms with Crippen LogP contribution < -0.4 is 10.2 Å². The summed E-state index contributed by atoms with van der Waals surface area (Å²) in [6.07, 6.45) is 0. The quantitative estimate of drug-likeness (QED) is 0.900. The van der Waals surface area contributed by atoms with E-state index >= 15 is 0 Å². The molecule has 0 unspecified atom stereocenters. The van der Waals surface area contributed by atoms with E-state index in [0.29, 0.717) is 13.1 Å². The Kier molecular flexibility index (Phi) is 4.77. The number of likely N-dealkylation sites (N-methyl/N-ethyl adjacent to an activating group) is 1. The first-order valence-corrected chi connectivity index (χ1v) is 6.86. The average molecular weight is 268 g/mol. The lowest BCUT2D eigenvalue weighted by Crippen LogP contribution is -2.35. The molecular weight excluding hydrogens is 248 g/mol. The molecule has 2 rings (SSSR count). The number of amides is 1. The van der Waals surface area contributed by atoms with E-state index in [1.54, 1.807) is 4.90 Å². The van der Waals surface area contributed by atoms with Crippen LogP contribution in [0.15, 0.2) is 54.6 Å². The topological polar surface area (TPSA) is 32.3 Å². The monoisotopic (exact) mass is 268 g/mol. The molecule has 0 bridgehead atoms. The molecule has 20 heavy (non-hydrogen) atoms. The van der Waals surface area contributed by atoms with Gasteiger partial charge in [0.25, 0.3) is 0 Å². The number of para-hydroxylation sites is 1. The number of carbonyl (C=O) groups is 1. The lowest BCUT2D eigenvalue weighted by atomic mass is 10.2. The predicted octanol–water partition coefficient (Wildman–Crippen LogP) is 3.46. The second-order valence-electron chi connectivity index (χ2n) is 4.69. The van der Waals surface area contributed by atoms with Crippen LogP contribution in [-0.2, 0) is 4.79 Å². The van der Waals surface area contributed by atoms with Crippen molar-refractivity contribution in [2.75, 3.05) is 23.3 Å². The lowest BCUT2D eigenvalue weighted by molar-refractivity contribution is -0.116. The van der Waals surface area contributed by atoms with E-state index in [-0.39, 0.29) is 5.91 Å². The molecule has 0 atom stereocenters. The molecule has 0 saturated carbocycles. The van der Waals surface area contributed by atoms with E-state index in [4.69, 9.17) is 0 Å². The molecule has 1 amide bonds. The third-order valence-electron chi connectivity index (χ3n) is 3.18. The minimum absolute atomic E-state index is 0.0688. The van der Waals surface area contributed by atoms with E-state index in [9.17, 15) is 4.79 Å². The highest BCUT2D eigenvalue weighted by Gasteiger charge is 2.12. The Morgan fingerprint density at radius 1 is 1.05 bits per heavy atom. The van der Waals surface area contributed by atoms with Crippen LogP contribution in [0.4, 0.5) is 11.4 Å². The average Bonchev–Trinajstić information content (AvgIpc) is 2.48. The first-order valence-electron chi connectivity index (χ1n) is 6.86. The summed E-state index contributed by atoms with van der Waals surface area (Å²) >= 11 is 0. The molecule has 0 aliphatic heterocycles. The molecule has 3 nitrogen and oxygen atoms in total. The fourth-order valence-corrected chi connectivity index (χ4v) is 2.06. The molecule has 0 aliphatic carbocycles. The van der Waals surface area contributed by atoms with Crippen molar-refractivity contribution < 1.29 is 4.79 Å². The van der Waals surface area contributed by atoms with Gasteiger partial charge < -0.3 is 10.2 Å². The van der Waals surface area contributed by atoms with Crippen molar-refractivity contribution in [1.29, 1.82) is 0 Å². The number of nitrogens with one attached hydrogen (secondary N) is 1. The van der Waals surface area contributed by atoms with Crippen molar-refractivity contribution in [3.8, 4) is 0 Å². The SMILES string of the molecule is CCN(C(=O)CNc1ccc(C)cc1)c1ccccc1. The van der Waals surface area contributed by atoms with E-state index in [2.05, 4.69) is 5.32 Å². The van der Waals surface area contributed by atoms with Crippen molar-refractivity contribution >= 4 is 17.3 Å². The van der Waals surface area contributed by atoms with Crippen LogP contribution in [0.2, 0.25) is 0 Å². The van der Waals surface area contributed by atoms with Crippen LogP contribution in [-0.4, -0.2) is 19.0 Å². The number of aryl methyl sites for hydroxylation is 1. The van der Waals surface area contributed by atoms with Gasteiger partial charge in [-0.25, -0.2) is 0 Å². The predicted molar refractivity (Wildman–Crippen MR) is 84.1 cm³/mol. The van der Waals surface area contributed by atoms with Crippen LogP contribution in [0.1, 0.15) is 12.5 Å². The Hall–Kier alpha value is -2.29. The molecule has 0 radical (unpaired) electrons. The van der Waals surface area contributed by atoms with Gasteiger partial charge in [0.15, 0.2) is 0 Å². The van der Waals surface area contributed by atoms with Crippen molar-refractivity contribution in [3.05, 3.63) is 60.2 Å². The zero-order chi connectivity index (χ0) is 14.4. The minimum atomic E-state index is 0.0688. The Labute approximate surface area is 120 Å². The zero-order valence-corrected chi connectivity index (χ0v) is 12.0. The van der Waals surface area contributed by atoms with E-state index in [1.807, 2.05) is 68.4 Å². The lowest BCUT2D eigenvalue weighted by Gasteiger charge is -2.21. The summed E-state index contributed by atoms with van der Waals surface area (Å²) < 4.78 is 0. The normalized spacial score (nSPS) is 10.1. The maximum atomic E-state index is 12.3. The number of anilines is 2. The van der Waals surface area contributed by atoms with Crippen molar-refractivity contribution in [2.45, 2.75) is 13.8 Å². The molecule has 3 heteroatoms. The van der Waals surface area contributed by atoms with Gasteiger partial charge in [-0.3, -0.25) is 4.79 Å². The zero-order valence-electron chi connectivity index (χ0n) is 12.0. The van der Waals surface area contributed by atoms with Gasteiger partial charge in [-0.1, -0.05) is 35.9 Å². The van der Waals surface area contributed by atoms with Gasteiger partial charge in [0, 0.05) is 17.9 Å². The summed E-state index contributed by atoms with van der Waals surface area (Å²) in [7, 11) is 0. The summed E-state index contributed by atoms with van der Waals surface area (Å²) in [6, 6.07) is 17.8. The van der Waals surface area contributed by atoms with Crippen LogP contribution in [0.5, 0.6) is 0 Å². The molecule has 104 valence electrons. The van der Waals surface area contributed by atoms with Crippen molar-refractivity contribution in [2.24, 2.45) is 0 Å². The van der Waals surface area contributed by atoms with Gasteiger partial charge in [-0.05, 0) is 38.1 Å². The highest BCUT2D eigenvalue weighted by atomic mass is 16.2. The number of rotatable bonds is 5. The Morgan fingerprint density at radius 3 is 2.30 bits per heavy atom. The third kappa shape index (κ3) is 3.60. The van der Waals surface area contributed by atoms with E-state index in [0.717, 1.165) is 11.4 Å². The summed E-state index contributed by atoms with van der Waals surface area (Å²) in [5.41, 5.74) is 3.11. The number of hydrogen-bond acceptors (Lipinski definition) is 2. The molecule has 0 fully saturated rings. The Bertz CT molecular complexity index is 549. The fraction of sp³-hybridized carbons (Fsp3) is 0.235. The molecule has 0 heterocycles. The standard InChI is InChI=1S/C17H20N2O/c1-3-19(16-7-5-4-6-8-16)17(20)13-18-15-11-9-14(2)10-12-15/h4-12,18H,3,13H2,1-2H3. The Balaban J connectivity index is 1.98. The van der Waals surface area contributed by atoms with Crippen LogP contribution >= 0.6 is 0 Å². The summed E-state index contributed by atoms with van der Waals surface area (Å²) in [5.74, 6) is 0.0688. The molecule has 0 aromatic heterocycles. The van der Waals surface area contributed by atoms with Crippen molar-refractivity contribution in [1.82, 2.24) is 0 Å². The molecule has 0 spiro atoms. The smallest absolute Gasteiger partial charge is 0.246 e. The van der Waals surface area contributed by atoms with Crippen molar-refractivity contribution in [3.63, 3.8) is 0 Å². The number of carbonyl (C=O) groups excluding carboxylic acids is 1. The second-order valence-corrected chi connectivity index (χ2v) is 4.69. The van der Waals surface area contributed by atoms with Gasteiger partial charge in [-0.15, -0.1) is 0 Å². The minimum Gasteiger partial charge on any atom is -0.376 e. The summed E-state index contributed by atoms with van der Waals surface area (Å²) in [6.45, 7) is 4.99. The highest BCUT2D eigenvalue weighted by molar-refractivity contribution is 5.96. The first-order chi connectivity index (χ1) is 9.70. The second kappa shape index (κ2) is 6.75. The van der Waals surface area contributed by atoms with E-state index < -0.39 is 0 Å². The van der Waals surface area contributed by atoms with Crippen LogP contribution in [0.3, 0.4) is 0 Å². The summed E-state index contributed by atoms with van der Waals surface area (Å²) in [4.78, 5) is 14.1. The van der Waals surface area contributed by atoms with Gasteiger partial charge in [-0.2, -0.15) is 0 Å². The van der Waals surface area contributed by atoms with Crippen LogP contribution in [0, 0.1) is 6.92 Å². The first kappa shape index (κ1) is 14.1. The molecule has 2 aromatic carbocycles. The maximum Gasteiger partial charge on any atom is 0.246 e. The number of hydrogen-bond donors (Lipinski definition) is 1. The largest absolute Gasteiger partial charge is 0.376 e. The van der Waals surface area contributed by atoms with Gasteiger partial charge in [0.2, 0.25) is 5.91 Å². The van der Waals surface area contributed by atoms with Gasteiger partial charge in [0.05, 0.1) is 6.54 Å². The molecule has 1 N–H and O–H groups in total. The summed E-state index contributed by atoms with van der Waals surface area (Å²) in [5, 5.41) is 3.16. The molecule has 2 aromatic rings. The highest BCUT2D eigenvalue weighted by Crippen LogP contribution is 2.14. The van der Waals surface area contributed by atoms with Crippen LogP contribution in [0.25, 0.3) is 0 Å². The molecule has 0 aliphatic rings. The van der Waals surface area contributed by atoms with Gasteiger partial charge >= 0.3 is 0 Å². The third-order valence-corrected chi connectivity index (χ3v) is 3.18. The molecule has 0 saturated heterocycles. The van der Waals surface area contributed by atoms with E-state index in [1.165, 1.54) is 5.56 Å². The molecular formula is C17H20N2O. The van der Waals surface area contributed by atoms with Gasteiger partial charge in [0.1, 0.15) is 0 Å².